The van der Waals surface area contributed by atoms with E-state index in [0.29, 0.717) is 0 Å². The van der Waals surface area contributed by atoms with Gasteiger partial charge in [0, 0.05) is 0 Å². The predicted octanol–water partition coefficient (Wildman–Crippen LogP) is 10.4. The van der Waals surface area contributed by atoms with Crippen LogP contribution in [0.5, 0.6) is 5.75 Å². The second kappa shape index (κ2) is 19.3. The van der Waals surface area contributed by atoms with Crippen LogP contribution in [0.1, 0.15) is 120 Å². The second-order valence-electron chi connectivity index (χ2n) is 9.81. The first-order chi connectivity index (χ1) is 16.8. The molecule has 0 saturated heterocycles. The summed E-state index contributed by atoms with van der Waals surface area (Å²) in [5, 5.41) is 0. The number of ether oxygens (including phenoxy) is 1. The zero-order valence-corrected chi connectivity index (χ0v) is 22.2. The van der Waals surface area contributed by atoms with Crippen LogP contribution in [0.15, 0.2) is 54.6 Å². The topological polar surface area (TPSA) is 9.23 Å². The summed E-state index contributed by atoms with van der Waals surface area (Å²) < 4.78 is 5.94. The van der Waals surface area contributed by atoms with Crippen LogP contribution in [0.3, 0.4) is 0 Å². The summed E-state index contributed by atoms with van der Waals surface area (Å²) in [6.45, 7) is 5.39. The second-order valence-corrected chi connectivity index (χ2v) is 9.81. The van der Waals surface area contributed by atoms with Gasteiger partial charge >= 0.3 is 0 Å². The number of aryl methyl sites for hydroxylation is 2. The van der Waals surface area contributed by atoms with Crippen LogP contribution in [-0.4, -0.2) is 6.61 Å². The van der Waals surface area contributed by atoms with E-state index in [2.05, 4.69) is 74.5 Å². The first-order valence-corrected chi connectivity index (χ1v) is 14.3. The van der Waals surface area contributed by atoms with Crippen molar-refractivity contribution >= 4 is 6.08 Å². The summed E-state index contributed by atoms with van der Waals surface area (Å²) in [6, 6.07) is 17.8. The molecule has 0 heterocycles. The largest absolute Gasteiger partial charge is 0.494 e. The van der Waals surface area contributed by atoms with E-state index in [4.69, 9.17) is 4.74 Å². The van der Waals surface area contributed by atoms with E-state index in [1.54, 1.807) is 0 Å². The zero-order chi connectivity index (χ0) is 24.1. The average molecular weight is 463 g/mol. The van der Waals surface area contributed by atoms with Crippen molar-refractivity contribution in [1.82, 2.24) is 0 Å². The van der Waals surface area contributed by atoms with E-state index in [1.807, 2.05) is 0 Å². The van der Waals surface area contributed by atoms with Crippen molar-refractivity contribution in [1.29, 1.82) is 0 Å². The molecule has 0 amide bonds. The molecule has 0 spiro atoms. The lowest BCUT2D eigenvalue weighted by molar-refractivity contribution is 0.304. The van der Waals surface area contributed by atoms with Crippen LogP contribution in [0.25, 0.3) is 6.08 Å². The Balaban J connectivity index is 1.57. The van der Waals surface area contributed by atoms with Crippen molar-refractivity contribution in [2.45, 2.75) is 117 Å². The van der Waals surface area contributed by atoms with E-state index in [1.165, 1.54) is 107 Å². The van der Waals surface area contributed by atoms with Crippen molar-refractivity contribution < 1.29 is 4.74 Å². The van der Waals surface area contributed by atoms with Gasteiger partial charge in [-0.25, -0.2) is 0 Å². The number of rotatable bonds is 20. The molecule has 2 aromatic carbocycles. The Morgan fingerprint density at radius 3 is 1.65 bits per heavy atom. The molecular formula is C33H50O. The van der Waals surface area contributed by atoms with Gasteiger partial charge in [0.15, 0.2) is 0 Å². The number of hydrogen-bond donors (Lipinski definition) is 0. The van der Waals surface area contributed by atoms with Gasteiger partial charge in [0.05, 0.1) is 6.61 Å². The number of allylic oxidation sites excluding steroid dienone is 1. The highest BCUT2D eigenvalue weighted by atomic mass is 16.5. The molecule has 0 aliphatic carbocycles. The lowest BCUT2D eigenvalue weighted by atomic mass is 10.0. The van der Waals surface area contributed by atoms with Crippen LogP contribution in [0.4, 0.5) is 0 Å². The van der Waals surface area contributed by atoms with Crippen LogP contribution >= 0.6 is 0 Å². The smallest absolute Gasteiger partial charge is 0.119 e. The summed E-state index contributed by atoms with van der Waals surface area (Å²) in [4.78, 5) is 0. The highest BCUT2D eigenvalue weighted by Gasteiger charge is 1.99. The Morgan fingerprint density at radius 1 is 0.559 bits per heavy atom. The molecule has 1 heteroatoms. The highest BCUT2D eigenvalue weighted by molar-refractivity contribution is 5.49. The van der Waals surface area contributed by atoms with E-state index >= 15 is 0 Å². The van der Waals surface area contributed by atoms with Crippen molar-refractivity contribution in [3.05, 3.63) is 71.3 Å². The molecule has 1 nitrogen and oxygen atoms in total. The summed E-state index contributed by atoms with van der Waals surface area (Å²) in [5.41, 5.74) is 4.11. The molecule has 2 aromatic rings. The molecule has 0 fully saturated rings. The molecule has 0 saturated carbocycles. The summed E-state index contributed by atoms with van der Waals surface area (Å²) >= 11 is 0. The van der Waals surface area contributed by atoms with Crippen LogP contribution < -0.4 is 4.74 Å². The molecule has 34 heavy (non-hydrogen) atoms. The number of unbranched alkanes of at least 4 members (excludes halogenated alkanes) is 12. The SMILES string of the molecule is CCCCCCCC=Cc1ccc(CCc2ccc(OCCCCCCCCCC)cc2)cc1. The third kappa shape index (κ3) is 13.6. The van der Waals surface area contributed by atoms with Crippen LogP contribution in [0, 0.1) is 0 Å². The van der Waals surface area contributed by atoms with Crippen LogP contribution in [-0.2, 0) is 12.8 Å². The Morgan fingerprint density at radius 2 is 1.06 bits per heavy atom. The lowest BCUT2D eigenvalue weighted by Gasteiger charge is -2.08. The maximum absolute atomic E-state index is 5.94. The Bertz CT molecular complexity index is 741. The van der Waals surface area contributed by atoms with Crippen molar-refractivity contribution in [3.8, 4) is 5.75 Å². The minimum Gasteiger partial charge on any atom is -0.494 e. The lowest BCUT2D eigenvalue weighted by Crippen LogP contribution is -1.98. The summed E-state index contributed by atoms with van der Waals surface area (Å²) in [5.74, 6) is 1.01. The monoisotopic (exact) mass is 462 g/mol. The molecule has 0 bridgehead atoms. The maximum atomic E-state index is 5.94. The zero-order valence-electron chi connectivity index (χ0n) is 22.2. The number of benzene rings is 2. The summed E-state index contributed by atoms with van der Waals surface area (Å²) in [6.07, 6.45) is 25.4. The highest BCUT2D eigenvalue weighted by Crippen LogP contribution is 2.16. The molecule has 0 atom stereocenters. The van der Waals surface area contributed by atoms with Gasteiger partial charge in [0.25, 0.3) is 0 Å². The average Bonchev–Trinajstić information content (AvgIpc) is 2.87. The Hall–Kier alpha value is -2.02. The molecule has 0 aliphatic rings. The fourth-order valence-electron chi connectivity index (χ4n) is 4.35. The quantitative estimate of drug-likeness (QED) is 0.178. The van der Waals surface area contributed by atoms with E-state index in [9.17, 15) is 0 Å². The first kappa shape index (κ1) is 28.2. The predicted molar refractivity (Wildman–Crippen MR) is 151 cm³/mol. The van der Waals surface area contributed by atoms with E-state index < -0.39 is 0 Å². The molecule has 0 unspecified atom stereocenters. The third-order valence-electron chi connectivity index (χ3n) is 6.66. The van der Waals surface area contributed by atoms with Crippen molar-refractivity contribution in [2.75, 3.05) is 6.61 Å². The van der Waals surface area contributed by atoms with Gasteiger partial charge in [-0.05, 0) is 60.9 Å². The molecule has 0 aromatic heterocycles. The van der Waals surface area contributed by atoms with Crippen molar-refractivity contribution in [2.24, 2.45) is 0 Å². The van der Waals surface area contributed by atoms with Gasteiger partial charge in [0.1, 0.15) is 5.75 Å². The summed E-state index contributed by atoms with van der Waals surface area (Å²) in [7, 11) is 0. The van der Waals surface area contributed by atoms with Gasteiger partial charge in [-0.3, -0.25) is 0 Å². The standard InChI is InChI=1S/C33H50O/c1-3-5-7-9-11-13-15-17-29-34-33-27-25-32(26-28-33)24-23-31-21-19-30(20-22-31)18-16-14-12-10-8-6-4-2/h16,18-22,25-28H,3-15,17,23-24,29H2,1-2H3. The third-order valence-corrected chi connectivity index (χ3v) is 6.66. The van der Waals surface area contributed by atoms with Gasteiger partial charge in [0.2, 0.25) is 0 Å². The van der Waals surface area contributed by atoms with Gasteiger partial charge in [-0.2, -0.15) is 0 Å². The molecule has 0 radical (unpaired) electrons. The fourth-order valence-corrected chi connectivity index (χ4v) is 4.35. The molecule has 2 rings (SSSR count). The first-order valence-electron chi connectivity index (χ1n) is 14.3. The van der Waals surface area contributed by atoms with Gasteiger partial charge < -0.3 is 4.74 Å². The molecule has 0 N–H and O–H groups in total. The van der Waals surface area contributed by atoms with Gasteiger partial charge in [-0.15, -0.1) is 0 Å². The van der Waals surface area contributed by atoms with Crippen LogP contribution in [0.2, 0.25) is 0 Å². The Labute approximate surface area is 211 Å². The Kier molecular flexibility index (Phi) is 16.0. The maximum Gasteiger partial charge on any atom is 0.119 e. The molecular weight excluding hydrogens is 412 g/mol. The fraction of sp³-hybridized carbons (Fsp3) is 0.576. The van der Waals surface area contributed by atoms with E-state index in [-0.39, 0.29) is 0 Å². The molecule has 0 aliphatic heterocycles. The normalized spacial score (nSPS) is 11.4. The minimum absolute atomic E-state index is 0.841. The van der Waals surface area contributed by atoms with Crippen molar-refractivity contribution in [3.63, 3.8) is 0 Å². The van der Waals surface area contributed by atoms with Gasteiger partial charge in [-0.1, -0.05) is 133 Å². The minimum atomic E-state index is 0.841. The number of hydrogen-bond acceptors (Lipinski definition) is 1. The molecule has 188 valence electrons. The van der Waals surface area contributed by atoms with E-state index in [0.717, 1.165) is 25.2 Å².